The zero-order chi connectivity index (χ0) is 11.5. The molecule has 16 heavy (non-hydrogen) atoms. The van der Waals surface area contributed by atoms with Gasteiger partial charge in [0.1, 0.15) is 5.82 Å². The lowest BCUT2D eigenvalue weighted by molar-refractivity contribution is 0.619. The Labute approximate surface area is 95.3 Å². The largest absolute Gasteiger partial charge is 0.368 e. The van der Waals surface area contributed by atoms with Crippen molar-refractivity contribution in [3.8, 4) is 6.07 Å². The number of anilines is 1. The van der Waals surface area contributed by atoms with Gasteiger partial charge in [-0.05, 0) is 37.5 Å². The first-order valence-corrected chi connectivity index (χ1v) is 5.72. The number of halogens is 1. The van der Waals surface area contributed by atoms with Gasteiger partial charge in [0.2, 0.25) is 0 Å². The van der Waals surface area contributed by atoms with Gasteiger partial charge in [-0.1, -0.05) is 6.92 Å². The van der Waals surface area contributed by atoms with Crippen LogP contribution in [0.2, 0.25) is 0 Å². The van der Waals surface area contributed by atoms with Crippen molar-refractivity contribution in [2.45, 2.75) is 32.2 Å². The first-order chi connectivity index (χ1) is 7.74. The summed E-state index contributed by atoms with van der Waals surface area (Å²) in [6.07, 6.45) is 3.38. The number of hydrogen-bond acceptors (Lipinski definition) is 2. The van der Waals surface area contributed by atoms with E-state index in [1.54, 1.807) is 6.07 Å². The molecule has 0 saturated carbocycles. The maximum Gasteiger partial charge on any atom is 0.126 e. The Bertz CT molecular complexity index is 422. The lowest BCUT2D eigenvalue weighted by Gasteiger charge is -2.26. The molecular weight excluding hydrogens is 203 g/mol. The molecule has 0 N–H and O–H groups in total. The van der Waals surface area contributed by atoms with E-state index in [0.717, 1.165) is 31.5 Å². The van der Waals surface area contributed by atoms with Crippen LogP contribution in [0.15, 0.2) is 18.2 Å². The van der Waals surface area contributed by atoms with Crippen LogP contribution in [0.5, 0.6) is 0 Å². The molecule has 1 saturated heterocycles. The van der Waals surface area contributed by atoms with E-state index in [-0.39, 0.29) is 5.82 Å². The quantitative estimate of drug-likeness (QED) is 0.762. The predicted octanol–water partition coefficient (Wildman–Crippen LogP) is 3.08. The van der Waals surface area contributed by atoms with Crippen LogP contribution in [0.3, 0.4) is 0 Å². The molecule has 1 aliphatic heterocycles. The molecule has 1 aromatic carbocycles. The van der Waals surface area contributed by atoms with Gasteiger partial charge in [0.15, 0.2) is 0 Å². The smallest absolute Gasteiger partial charge is 0.126 e. The molecule has 2 rings (SSSR count). The summed E-state index contributed by atoms with van der Waals surface area (Å²) in [5, 5.41) is 8.82. The van der Waals surface area contributed by atoms with Crippen LogP contribution in [0.4, 0.5) is 10.1 Å². The lowest BCUT2D eigenvalue weighted by atomic mass is 10.1. The van der Waals surface area contributed by atoms with Crippen LogP contribution < -0.4 is 4.90 Å². The number of hydrogen-bond donors (Lipinski definition) is 0. The average Bonchev–Trinajstić information content (AvgIpc) is 2.76. The van der Waals surface area contributed by atoms with Crippen LogP contribution in [-0.4, -0.2) is 12.6 Å². The van der Waals surface area contributed by atoms with E-state index in [2.05, 4.69) is 11.8 Å². The Kier molecular flexibility index (Phi) is 3.09. The number of rotatable bonds is 2. The summed E-state index contributed by atoms with van der Waals surface area (Å²) < 4.78 is 13.3. The normalized spacial score (nSPS) is 19.8. The van der Waals surface area contributed by atoms with Gasteiger partial charge in [-0.15, -0.1) is 0 Å². The van der Waals surface area contributed by atoms with Crippen LogP contribution in [0.25, 0.3) is 0 Å². The molecule has 1 unspecified atom stereocenters. The summed E-state index contributed by atoms with van der Waals surface area (Å²) in [5.74, 6) is -0.323. The van der Waals surface area contributed by atoms with Gasteiger partial charge < -0.3 is 4.90 Å². The van der Waals surface area contributed by atoms with Crippen molar-refractivity contribution in [3.05, 3.63) is 29.6 Å². The van der Waals surface area contributed by atoms with Gasteiger partial charge in [-0.3, -0.25) is 0 Å². The Morgan fingerprint density at radius 2 is 2.31 bits per heavy atom. The first-order valence-electron chi connectivity index (χ1n) is 5.72. The maximum atomic E-state index is 13.3. The van der Waals surface area contributed by atoms with Crippen LogP contribution >= 0.6 is 0 Å². The summed E-state index contributed by atoms with van der Waals surface area (Å²) >= 11 is 0. The second-order valence-corrected chi connectivity index (χ2v) is 4.21. The topological polar surface area (TPSA) is 27.0 Å². The van der Waals surface area contributed by atoms with Crippen LogP contribution in [0, 0.1) is 17.1 Å². The molecule has 0 amide bonds. The molecule has 0 spiro atoms. The zero-order valence-electron chi connectivity index (χ0n) is 9.41. The van der Waals surface area contributed by atoms with Crippen molar-refractivity contribution >= 4 is 5.69 Å². The standard InChI is InChI=1S/C13H15FN2/c1-2-12-4-3-5-16(12)13-7-10(9-15)6-11(14)8-13/h6-8,12H,2-5H2,1H3. The fourth-order valence-corrected chi connectivity index (χ4v) is 2.40. The Morgan fingerprint density at radius 1 is 1.50 bits per heavy atom. The molecule has 1 aliphatic rings. The van der Waals surface area contributed by atoms with Crippen molar-refractivity contribution in [1.29, 1.82) is 5.26 Å². The lowest BCUT2D eigenvalue weighted by Crippen LogP contribution is -2.28. The van der Waals surface area contributed by atoms with Crippen molar-refractivity contribution in [2.24, 2.45) is 0 Å². The van der Waals surface area contributed by atoms with Crippen LogP contribution in [-0.2, 0) is 0 Å². The third-order valence-electron chi connectivity index (χ3n) is 3.19. The summed E-state index contributed by atoms with van der Waals surface area (Å²) in [4.78, 5) is 2.21. The Hall–Kier alpha value is -1.56. The monoisotopic (exact) mass is 218 g/mol. The number of benzene rings is 1. The molecule has 0 aromatic heterocycles. The maximum absolute atomic E-state index is 13.3. The van der Waals surface area contributed by atoms with E-state index in [4.69, 9.17) is 5.26 Å². The molecule has 84 valence electrons. The van der Waals surface area contributed by atoms with Crippen molar-refractivity contribution in [3.63, 3.8) is 0 Å². The summed E-state index contributed by atoms with van der Waals surface area (Å²) in [6.45, 7) is 3.11. The van der Waals surface area contributed by atoms with E-state index >= 15 is 0 Å². The molecular formula is C13H15FN2. The highest BCUT2D eigenvalue weighted by molar-refractivity contribution is 5.53. The highest BCUT2D eigenvalue weighted by atomic mass is 19.1. The van der Waals surface area contributed by atoms with Crippen molar-refractivity contribution in [1.82, 2.24) is 0 Å². The molecule has 0 radical (unpaired) electrons. The van der Waals surface area contributed by atoms with E-state index < -0.39 is 0 Å². The van der Waals surface area contributed by atoms with Crippen molar-refractivity contribution in [2.75, 3.05) is 11.4 Å². The molecule has 3 heteroatoms. The minimum atomic E-state index is -0.323. The first kappa shape index (κ1) is 10.9. The van der Waals surface area contributed by atoms with E-state index in [1.807, 2.05) is 6.07 Å². The third kappa shape index (κ3) is 2.01. The second-order valence-electron chi connectivity index (χ2n) is 4.21. The van der Waals surface area contributed by atoms with Gasteiger partial charge in [-0.2, -0.15) is 5.26 Å². The predicted molar refractivity (Wildman–Crippen MR) is 61.8 cm³/mol. The van der Waals surface area contributed by atoms with Gasteiger partial charge in [0.25, 0.3) is 0 Å². The molecule has 2 nitrogen and oxygen atoms in total. The van der Waals surface area contributed by atoms with Gasteiger partial charge in [0.05, 0.1) is 11.6 Å². The molecule has 1 heterocycles. The highest BCUT2D eigenvalue weighted by Gasteiger charge is 2.23. The fraction of sp³-hybridized carbons (Fsp3) is 0.462. The average molecular weight is 218 g/mol. The number of nitriles is 1. The van der Waals surface area contributed by atoms with Gasteiger partial charge >= 0.3 is 0 Å². The molecule has 0 aliphatic carbocycles. The van der Waals surface area contributed by atoms with E-state index in [0.29, 0.717) is 11.6 Å². The van der Waals surface area contributed by atoms with E-state index in [9.17, 15) is 4.39 Å². The zero-order valence-corrected chi connectivity index (χ0v) is 9.41. The molecule has 0 bridgehead atoms. The summed E-state index contributed by atoms with van der Waals surface area (Å²) in [7, 11) is 0. The summed E-state index contributed by atoms with van der Waals surface area (Å²) in [6, 6.07) is 7.07. The van der Waals surface area contributed by atoms with Gasteiger partial charge in [0, 0.05) is 18.3 Å². The van der Waals surface area contributed by atoms with E-state index in [1.165, 1.54) is 12.1 Å². The minimum Gasteiger partial charge on any atom is -0.368 e. The Balaban J connectivity index is 2.33. The highest BCUT2D eigenvalue weighted by Crippen LogP contribution is 2.28. The SMILES string of the molecule is CCC1CCCN1c1cc(F)cc(C#N)c1. The third-order valence-corrected chi connectivity index (χ3v) is 3.19. The van der Waals surface area contributed by atoms with Crippen molar-refractivity contribution < 1.29 is 4.39 Å². The summed E-state index contributed by atoms with van der Waals surface area (Å²) in [5.41, 5.74) is 1.25. The molecule has 1 atom stereocenters. The fourth-order valence-electron chi connectivity index (χ4n) is 2.40. The minimum absolute atomic E-state index is 0.323. The second kappa shape index (κ2) is 4.52. The molecule has 1 fully saturated rings. The van der Waals surface area contributed by atoms with Gasteiger partial charge in [-0.25, -0.2) is 4.39 Å². The Morgan fingerprint density at radius 3 is 3.00 bits per heavy atom. The number of nitrogens with zero attached hydrogens (tertiary/aromatic N) is 2. The van der Waals surface area contributed by atoms with Crippen LogP contribution in [0.1, 0.15) is 31.7 Å². The molecule has 1 aromatic rings.